The molecule has 0 aliphatic heterocycles. The van der Waals surface area contributed by atoms with Crippen molar-refractivity contribution in [3.05, 3.63) is 57.8 Å². The summed E-state index contributed by atoms with van der Waals surface area (Å²) in [7, 11) is 1.59. The molecule has 0 atom stereocenters. The summed E-state index contributed by atoms with van der Waals surface area (Å²) in [6.45, 7) is -0.107. The van der Waals surface area contributed by atoms with Gasteiger partial charge in [-0.15, -0.1) is 11.8 Å². The van der Waals surface area contributed by atoms with E-state index in [4.69, 9.17) is 9.15 Å². The topological polar surface area (TPSA) is 103 Å². The highest BCUT2D eigenvalue weighted by Gasteiger charge is 2.20. The summed E-state index contributed by atoms with van der Waals surface area (Å²) in [6, 6.07) is 9.93. The molecule has 0 saturated heterocycles. The van der Waals surface area contributed by atoms with Crippen LogP contribution in [0.3, 0.4) is 0 Å². The van der Waals surface area contributed by atoms with E-state index < -0.39 is 29.3 Å². The first-order valence-electron chi connectivity index (χ1n) is 7.19. The number of esters is 1. The lowest BCUT2D eigenvalue weighted by Crippen LogP contribution is -2.30. The number of likely N-dealkylation sites (N-methyl/N-ethyl adjacent to an activating group) is 1. The normalized spacial score (nSPS) is 10.3. The lowest BCUT2D eigenvalue weighted by atomic mass is 10.2. The van der Waals surface area contributed by atoms with Gasteiger partial charge in [-0.1, -0.05) is 12.1 Å². The Labute approximate surface area is 147 Å². The van der Waals surface area contributed by atoms with Crippen LogP contribution in [-0.4, -0.2) is 41.6 Å². The number of carbonyl (C=O) groups is 2. The lowest BCUT2D eigenvalue weighted by Gasteiger charge is -2.17. The molecule has 0 fully saturated rings. The smallest absolute Gasteiger partial charge is 0.433 e. The molecule has 1 aromatic heterocycles. The van der Waals surface area contributed by atoms with E-state index in [0.717, 1.165) is 22.6 Å². The standard InChI is InChI=1S/C16H16N2O6S/c1-17(9-11-3-5-12(25-2)6-4-11)14(19)10-23-16(20)13-7-8-15(24-13)18(21)22/h3-8H,9-10H2,1-2H3. The number of nitro groups is 1. The molecular formula is C16H16N2O6S. The van der Waals surface area contributed by atoms with Crippen LogP contribution in [-0.2, 0) is 16.1 Å². The Hall–Kier alpha value is -2.81. The molecule has 8 nitrogen and oxygen atoms in total. The van der Waals surface area contributed by atoms with E-state index in [1.165, 1.54) is 4.90 Å². The summed E-state index contributed by atoms with van der Waals surface area (Å²) >= 11 is 1.63. The van der Waals surface area contributed by atoms with Crippen molar-refractivity contribution in [3.63, 3.8) is 0 Å². The molecular weight excluding hydrogens is 348 g/mol. The van der Waals surface area contributed by atoms with Gasteiger partial charge in [0.25, 0.3) is 5.91 Å². The monoisotopic (exact) mass is 364 g/mol. The molecule has 1 heterocycles. The van der Waals surface area contributed by atoms with Crippen molar-refractivity contribution >= 4 is 29.5 Å². The molecule has 2 rings (SSSR count). The van der Waals surface area contributed by atoms with Crippen LogP contribution in [0, 0.1) is 10.1 Å². The summed E-state index contributed by atoms with van der Waals surface area (Å²) in [5.41, 5.74) is 0.946. The molecule has 0 radical (unpaired) electrons. The van der Waals surface area contributed by atoms with Gasteiger partial charge in [0, 0.05) is 18.5 Å². The zero-order valence-electron chi connectivity index (χ0n) is 13.6. The minimum absolute atomic E-state index is 0.324. The van der Waals surface area contributed by atoms with Crippen LogP contribution in [0.1, 0.15) is 16.1 Å². The summed E-state index contributed by atoms with van der Waals surface area (Å²) in [4.78, 5) is 36.0. The predicted molar refractivity (Wildman–Crippen MR) is 90.3 cm³/mol. The molecule has 0 spiro atoms. The molecule has 1 aromatic carbocycles. The number of hydrogen-bond donors (Lipinski definition) is 0. The number of benzene rings is 1. The molecule has 9 heteroatoms. The number of rotatable bonds is 7. The second-order valence-corrected chi connectivity index (χ2v) is 5.95. The highest BCUT2D eigenvalue weighted by Crippen LogP contribution is 2.17. The van der Waals surface area contributed by atoms with Crippen LogP contribution in [0.4, 0.5) is 5.88 Å². The molecule has 0 unspecified atom stereocenters. The first-order valence-corrected chi connectivity index (χ1v) is 8.41. The predicted octanol–water partition coefficient (Wildman–Crippen LogP) is 2.73. The highest BCUT2D eigenvalue weighted by atomic mass is 32.2. The lowest BCUT2D eigenvalue weighted by molar-refractivity contribution is -0.402. The zero-order valence-corrected chi connectivity index (χ0v) is 14.4. The van der Waals surface area contributed by atoms with E-state index in [-0.39, 0.29) is 5.76 Å². The molecule has 0 N–H and O–H groups in total. The Morgan fingerprint density at radius 3 is 2.48 bits per heavy atom. The largest absolute Gasteiger partial charge is 0.450 e. The van der Waals surface area contributed by atoms with Crippen LogP contribution in [0.25, 0.3) is 0 Å². The number of furan rings is 1. The summed E-state index contributed by atoms with van der Waals surface area (Å²) in [6.07, 6.45) is 1.98. The number of ether oxygens (including phenoxy) is 1. The average Bonchev–Trinajstić information content (AvgIpc) is 3.10. The van der Waals surface area contributed by atoms with Crippen LogP contribution in [0.2, 0.25) is 0 Å². The zero-order chi connectivity index (χ0) is 18.4. The Balaban J connectivity index is 1.85. The van der Waals surface area contributed by atoms with Crippen molar-refractivity contribution in [1.82, 2.24) is 4.90 Å². The van der Waals surface area contributed by atoms with E-state index in [9.17, 15) is 19.7 Å². The molecule has 132 valence electrons. The van der Waals surface area contributed by atoms with Gasteiger partial charge in [-0.05, 0) is 30.0 Å². The molecule has 0 aliphatic carbocycles. The minimum Gasteiger partial charge on any atom is -0.450 e. The van der Waals surface area contributed by atoms with Gasteiger partial charge in [-0.25, -0.2) is 4.79 Å². The number of carbonyl (C=O) groups excluding carboxylic acids is 2. The van der Waals surface area contributed by atoms with E-state index >= 15 is 0 Å². The number of nitrogens with zero attached hydrogens (tertiary/aromatic N) is 2. The molecule has 0 saturated carbocycles. The van der Waals surface area contributed by atoms with Crippen LogP contribution in [0.5, 0.6) is 0 Å². The fourth-order valence-electron chi connectivity index (χ4n) is 1.94. The average molecular weight is 364 g/mol. The second-order valence-electron chi connectivity index (χ2n) is 5.07. The molecule has 1 amide bonds. The van der Waals surface area contributed by atoms with Crippen LogP contribution < -0.4 is 0 Å². The third kappa shape index (κ3) is 5.08. The van der Waals surface area contributed by atoms with Crippen molar-refractivity contribution in [2.45, 2.75) is 11.4 Å². The van der Waals surface area contributed by atoms with Crippen LogP contribution >= 0.6 is 11.8 Å². The van der Waals surface area contributed by atoms with Gasteiger partial charge in [-0.2, -0.15) is 0 Å². The maximum absolute atomic E-state index is 12.0. The van der Waals surface area contributed by atoms with E-state index in [1.54, 1.807) is 18.8 Å². The van der Waals surface area contributed by atoms with Crippen molar-refractivity contribution in [3.8, 4) is 0 Å². The van der Waals surface area contributed by atoms with Crippen molar-refractivity contribution in [2.24, 2.45) is 0 Å². The van der Waals surface area contributed by atoms with Gasteiger partial charge in [0.05, 0.1) is 6.07 Å². The maximum atomic E-state index is 12.0. The third-order valence-electron chi connectivity index (χ3n) is 3.30. The van der Waals surface area contributed by atoms with Gasteiger partial charge in [0.15, 0.2) is 6.61 Å². The quantitative estimate of drug-likeness (QED) is 0.322. The van der Waals surface area contributed by atoms with E-state index in [0.29, 0.717) is 6.54 Å². The molecule has 25 heavy (non-hydrogen) atoms. The summed E-state index contributed by atoms with van der Waals surface area (Å²) in [5.74, 6) is -2.22. The summed E-state index contributed by atoms with van der Waals surface area (Å²) in [5, 5.41) is 10.5. The molecule has 2 aromatic rings. The van der Waals surface area contributed by atoms with Gasteiger partial charge in [-0.3, -0.25) is 14.9 Å². The first kappa shape index (κ1) is 18.5. The van der Waals surface area contributed by atoms with Gasteiger partial charge >= 0.3 is 11.9 Å². The Bertz CT molecular complexity index is 771. The fourth-order valence-corrected chi connectivity index (χ4v) is 2.35. The fraction of sp³-hybridized carbons (Fsp3) is 0.250. The third-order valence-corrected chi connectivity index (χ3v) is 4.05. The van der Waals surface area contributed by atoms with Crippen molar-refractivity contribution in [2.75, 3.05) is 19.9 Å². The maximum Gasteiger partial charge on any atom is 0.433 e. The Morgan fingerprint density at radius 2 is 1.92 bits per heavy atom. The highest BCUT2D eigenvalue weighted by molar-refractivity contribution is 7.98. The van der Waals surface area contributed by atoms with E-state index in [2.05, 4.69) is 0 Å². The van der Waals surface area contributed by atoms with Crippen LogP contribution in [0.15, 0.2) is 45.7 Å². The van der Waals surface area contributed by atoms with Gasteiger partial charge in [0.1, 0.15) is 4.92 Å². The second kappa shape index (κ2) is 8.34. The van der Waals surface area contributed by atoms with Crippen molar-refractivity contribution < 1.29 is 23.7 Å². The van der Waals surface area contributed by atoms with E-state index in [1.807, 2.05) is 30.5 Å². The van der Waals surface area contributed by atoms with Gasteiger partial charge < -0.3 is 14.1 Å². The first-order chi connectivity index (χ1) is 11.9. The molecule has 0 bridgehead atoms. The van der Waals surface area contributed by atoms with Crippen molar-refractivity contribution in [1.29, 1.82) is 0 Å². The summed E-state index contributed by atoms with van der Waals surface area (Å²) < 4.78 is 9.55. The Morgan fingerprint density at radius 1 is 1.24 bits per heavy atom. The number of hydrogen-bond acceptors (Lipinski definition) is 7. The van der Waals surface area contributed by atoms with Gasteiger partial charge in [0.2, 0.25) is 5.76 Å². The minimum atomic E-state index is -0.931. The molecule has 0 aliphatic rings. The number of amides is 1. The Kier molecular flexibility index (Phi) is 6.18. The number of thioether (sulfide) groups is 1. The SMILES string of the molecule is CSc1ccc(CN(C)C(=O)COC(=O)c2ccc([N+](=O)[O-])o2)cc1.